The number of Topliss-reactive ketones (excluding diaryl/α,β-unsaturated/α-hetero) is 1. The van der Waals surface area contributed by atoms with Crippen molar-refractivity contribution in [2.24, 2.45) is 21.7 Å². The lowest BCUT2D eigenvalue weighted by Crippen LogP contribution is -2.56. The zero-order valence-corrected chi connectivity index (χ0v) is 24.1. The van der Waals surface area contributed by atoms with Gasteiger partial charge in [-0.15, -0.1) is 0 Å². The molecular formula is C27H48N2O8. The van der Waals surface area contributed by atoms with Gasteiger partial charge in [0.15, 0.2) is 0 Å². The van der Waals surface area contributed by atoms with Crippen molar-refractivity contribution in [3.8, 4) is 0 Å². The number of hydrogen-bond acceptors (Lipinski definition) is 6. The Hall–Kier alpha value is -2.49. The van der Waals surface area contributed by atoms with Crippen LogP contribution in [0.1, 0.15) is 94.4 Å². The number of amides is 1. The van der Waals surface area contributed by atoms with Crippen molar-refractivity contribution in [2.75, 3.05) is 19.6 Å². The Morgan fingerprint density at radius 3 is 1.59 bits per heavy atom. The number of rotatable bonds is 18. The lowest BCUT2D eigenvalue weighted by Gasteiger charge is -2.45. The maximum Gasteiger partial charge on any atom is 0.321 e. The molecule has 37 heavy (non-hydrogen) atoms. The molecule has 4 N–H and O–H groups in total. The van der Waals surface area contributed by atoms with Crippen molar-refractivity contribution in [3.63, 3.8) is 0 Å². The van der Waals surface area contributed by atoms with Crippen LogP contribution in [0.25, 0.3) is 0 Å². The number of carboxylic acids is 3. The topological polar surface area (TPSA) is 161 Å². The van der Waals surface area contributed by atoms with Gasteiger partial charge in [0.2, 0.25) is 5.91 Å². The number of carboxylic acid groups (broad SMARTS) is 3. The van der Waals surface area contributed by atoms with E-state index in [1.165, 1.54) is 0 Å². The fraction of sp³-hybridized carbons (Fsp3) is 0.815. The van der Waals surface area contributed by atoms with E-state index in [9.17, 15) is 39.3 Å². The molecule has 214 valence electrons. The number of aliphatic carboxylic acids is 3. The van der Waals surface area contributed by atoms with Crippen molar-refractivity contribution < 1.29 is 39.3 Å². The minimum absolute atomic E-state index is 0.0638. The van der Waals surface area contributed by atoms with E-state index in [2.05, 4.69) is 5.32 Å². The molecule has 0 aliphatic heterocycles. The lowest BCUT2D eigenvalue weighted by molar-refractivity contribution is -0.155. The van der Waals surface area contributed by atoms with E-state index >= 15 is 0 Å². The molecule has 0 aromatic carbocycles. The number of ketones is 1. The SMILES string of the molecule is CCC(C)(CNC(=O)C(C)(C)CCC(C)(C)C(C)=O)CC(C)(CC)C(C(=O)O)N(CC(=O)O)CC(=O)O. The van der Waals surface area contributed by atoms with E-state index in [4.69, 9.17) is 0 Å². The molecule has 0 radical (unpaired) electrons. The Balaban J connectivity index is 5.83. The third-order valence-corrected chi connectivity index (χ3v) is 8.05. The second-order valence-electron chi connectivity index (χ2n) is 12.3. The monoisotopic (exact) mass is 528 g/mol. The molecule has 0 spiro atoms. The molecule has 10 heteroatoms. The fourth-order valence-electron chi connectivity index (χ4n) is 4.63. The summed E-state index contributed by atoms with van der Waals surface area (Å²) in [7, 11) is 0. The predicted octanol–water partition coefficient (Wildman–Crippen LogP) is 3.67. The largest absolute Gasteiger partial charge is 0.480 e. The Bertz CT molecular complexity index is 837. The molecule has 0 aliphatic carbocycles. The van der Waals surface area contributed by atoms with E-state index in [1.807, 2.05) is 41.5 Å². The van der Waals surface area contributed by atoms with Crippen LogP contribution < -0.4 is 5.32 Å². The molecule has 0 fully saturated rings. The molecule has 0 heterocycles. The smallest absolute Gasteiger partial charge is 0.321 e. The van der Waals surface area contributed by atoms with Crippen molar-refractivity contribution in [2.45, 2.75) is 100 Å². The third kappa shape index (κ3) is 10.4. The standard InChI is InChI=1S/C27H48N2O8/c1-10-26(8,17-28-23(37)25(6,7)13-12-24(4,5)18(3)30)16-27(9,11-2)21(22(35)36)29(14-19(31)32)15-20(33)34/h21H,10-17H2,1-9H3,(H,28,37)(H,31,32)(H,33,34)(H,35,36). The van der Waals surface area contributed by atoms with Crippen LogP contribution in [-0.2, 0) is 24.0 Å². The molecule has 1 amide bonds. The summed E-state index contributed by atoms with van der Waals surface area (Å²) in [6.07, 6.45) is 2.35. The Kier molecular flexibility index (Phi) is 12.4. The Labute approximate surface area is 221 Å². The average molecular weight is 529 g/mol. The number of hydrogen-bond donors (Lipinski definition) is 4. The fourth-order valence-corrected chi connectivity index (χ4v) is 4.63. The molecule has 0 bridgehead atoms. The third-order valence-electron chi connectivity index (χ3n) is 8.05. The Morgan fingerprint density at radius 1 is 0.784 bits per heavy atom. The first-order chi connectivity index (χ1) is 16.7. The maximum absolute atomic E-state index is 13.1. The molecule has 0 aliphatic rings. The average Bonchev–Trinajstić information content (AvgIpc) is 2.74. The van der Waals surface area contributed by atoms with Crippen molar-refractivity contribution >= 4 is 29.6 Å². The summed E-state index contributed by atoms with van der Waals surface area (Å²) in [5.41, 5.74) is -2.77. The van der Waals surface area contributed by atoms with Crippen LogP contribution in [0.15, 0.2) is 0 Å². The lowest BCUT2D eigenvalue weighted by atomic mass is 9.66. The minimum atomic E-state index is -1.35. The molecule has 0 aromatic rings. The van der Waals surface area contributed by atoms with Crippen molar-refractivity contribution in [3.05, 3.63) is 0 Å². The summed E-state index contributed by atoms with van der Waals surface area (Å²) in [6.45, 7) is 15.1. The molecule has 0 aromatic heterocycles. The van der Waals surface area contributed by atoms with E-state index < -0.39 is 58.7 Å². The second-order valence-corrected chi connectivity index (χ2v) is 12.3. The van der Waals surface area contributed by atoms with Crippen LogP contribution in [0.3, 0.4) is 0 Å². The summed E-state index contributed by atoms with van der Waals surface area (Å²) in [5, 5.41) is 31.7. The van der Waals surface area contributed by atoms with E-state index in [-0.39, 0.29) is 18.2 Å². The van der Waals surface area contributed by atoms with Crippen molar-refractivity contribution in [1.82, 2.24) is 10.2 Å². The minimum Gasteiger partial charge on any atom is -0.480 e. The number of carbonyl (C=O) groups excluding carboxylic acids is 2. The van der Waals surface area contributed by atoms with Gasteiger partial charge in [-0.1, -0.05) is 55.4 Å². The number of nitrogens with one attached hydrogen (secondary N) is 1. The molecule has 0 saturated heterocycles. The Morgan fingerprint density at radius 2 is 1.24 bits per heavy atom. The van der Waals surface area contributed by atoms with E-state index in [0.717, 1.165) is 4.90 Å². The van der Waals surface area contributed by atoms with Gasteiger partial charge < -0.3 is 20.6 Å². The number of carbonyl (C=O) groups is 5. The van der Waals surface area contributed by atoms with Gasteiger partial charge in [0.25, 0.3) is 0 Å². The first-order valence-electron chi connectivity index (χ1n) is 12.9. The van der Waals surface area contributed by atoms with Crippen LogP contribution in [0.2, 0.25) is 0 Å². The first-order valence-corrected chi connectivity index (χ1v) is 12.9. The quantitative estimate of drug-likeness (QED) is 0.208. The van der Waals surface area contributed by atoms with Gasteiger partial charge in [0, 0.05) is 17.4 Å². The van der Waals surface area contributed by atoms with Crippen LogP contribution in [0.5, 0.6) is 0 Å². The second kappa shape index (κ2) is 13.3. The highest BCUT2D eigenvalue weighted by Gasteiger charge is 2.47. The van der Waals surface area contributed by atoms with Crippen LogP contribution in [0, 0.1) is 21.7 Å². The highest BCUT2D eigenvalue weighted by atomic mass is 16.4. The molecule has 3 unspecified atom stereocenters. The molecular weight excluding hydrogens is 480 g/mol. The predicted molar refractivity (Wildman–Crippen MR) is 140 cm³/mol. The molecule has 0 rings (SSSR count). The zero-order chi connectivity index (χ0) is 29.4. The normalized spacial score (nSPS) is 16.4. The highest BCUT2D eigenvalue weighted by molar-refractivity contribution is 5.83. The summed E-state index contributed by atoms with van der Waals surface area (Å²) < 4.78 is 0. The summed E-state index contributed by atoms with van der Waals surface area (Å²) in [4.78, 5) is 61.1. The van der Waals surface area contributed by atoms with Gasteiger partial charge in [-0.2, -0.15) is 0 Å². The molecule has 10 nitrogen and oxygen atoms in total. The van der Waals surface area contributed by atoms with Crippen LogP contribution >= 0.6 is 0 Å². The maximum atomic E-state index is 13.1. The van der Waals surface area contributed by atoms with Gasteiger partial charge in [-0.05, 0) is 49.9 Å². The molecule has 0 saturated carbocycles. The van der Waals surface area contributed by atoms with Crippen molar-refractivity contribution in [1.29, 1.82) is 0 Å². The number of nitrogens with zero attached hydrogens (tertiary/aromatic N) is 1. The van der Waals surface area contributed by atoms with Gasteiger partial charge in [0.05, 0.1) is 13.1 Å². The molecule has 3 atom stereocenters. The van der Waals surface area contributed by atoms with Gasteiger partial charge in [0.1, 0.15) is 11.8 Å². The van der Waals surface area contributed by atoms with Gasteiger partial charge >= 0.3 is 17.9 Å². The van der Waals surface area contributed by atoms with Crippen LogP contribution in [0.4, 0.5) is 0 Å². The highest BCUT2D eigenvalue weighted by Crippen LogP contribution is 2.43. The summed E-state index contributed by atoms with van der Waals surface area (Å²) in [6, 6.07) is -1.35. The van der Waals surface area contributed by atoms with E-state index in [1.54, 1.807) is 20.8 Å². The zero-order valence-electron chi connectivity index (χ0n) is 24.1. The summed E-state index contributed by atoms with van der Waals surface area (Å²) >= 11 is 0. The van der Waals surface area contributed by atoms with Crippen LogP contribution in [-0.4, -0.2) is 75.5 Å². The van der Waals surface area contributed by atoms with E-state index in [0.29, 0.717) is 32.1 Å². The summed E-state index contributed by atoms with van der Waals surface area (Å²) in [5.74, 6) is -4.02. The first kappa shape index (κ1) is 34.5. The van der Waals surface area contributed by atoms with Gasteiger partial charge in [-0.3, -0.25) is 28.9 Å². The van der Waals surface area contributed by atoms with Gasteiger partial charge in [-0.25, -0.2) is 0 Å².